The van der Waals surface area contributed by atoms with E-state index in [4.69, 9.17) is 4.74 Å². The monoisotopic (exact) mass is 312 g/mol. The SMILES string of the molecule is CCNC(=NCC1CCCO1)NCCCN(C(C)C)C(C)C. The van der Waals surface area contributed by atoms with Crippen LogP contribution in [0, 0.1) is 0 Å². The van der Waals surface area contributed by atoms with E-state index in [2.05, 4.69) is 55.1 Å². The average molecular weight is 313 g/mol. The summed E-state index contributed by atoms with van der Waals surface area (Å²) in [7, 11) is 0. The topological polar surface area (TPSA) is 48.9 Å². The van der Waals surface area contributed by atoms with Crippen molar-refractivity contribution < 1.29 is 4.74 Å². The lowest BCUT2D eigenvalue weighted by Gasteiger charge is -2.30. The highest BCUT2D eigenvalue weighted by Crippen LogP contribution is 2.11. The second-order valence-electron chi connectivity index (χ2n) is 6.56. The fourth-order valence-corrected chi connectivity index (χ4v) is 2.90. The third-order valence-electron chi connectivity index (χ3n) is 4.03. The van der Waals surface area contributed by atoms with Gasteiger partial charge >= 0.3 is 0 Å². The maximum Gasteiger partial charge on any atom is 0.191 e. The summed E-state index contributed by atoms with van der Waals surface area (Å²) < 4.78 is 5.62. The van der Waals surface area contributed by atoms with Crippen LogP contribution in [0.3, 0.4) is 0 Å². The second-order valence-corrected chi connectivity index (χ2v) is 6.56. The molecule has 0 aliphatic carbocycles. The molecule has 0 aromatic heterocycles. The molecule has 1 fully saturated rings. The van der Waals surface area contributed by atoms with Gasteiger partial charge in [-0.25, -0.2) is 0 Å². The third-order valence-corrected chi connectivity index (χ3v) is 4.03. The molecular formula is C17H36N4O. The van der Waals surface area contributed by atoms with Crippen molar-refractivity contribution >= 4 is 5.96 Å². The number of hydrogen-bond donors (Lipinski definition) is 2. The van der Waals surface area contributed by atoms with Gasteiger partial charge in [0.2, 0.25) is 0 Å². The van der Waals surface area contributed by atoms with Gasteiger partial charge in [0.1, 0.15) is 0 Å². The summed E-state index contributed by atoms with van der Waals surface area (Å²) in [5, 5.41) is 6.74. The highest BCUT2D eigenvalue weighted by atomic mass is 16.5. The maximum atomic E-state index is 5.62. The molecular weight excluding hydrogens is 276 g/mol. The molecule has 1 heterocycles. The Balaban J connectivity index is 2.29. The summed E-state index contributed by atoms with van der Waals surface area (Å²) in [6.07, 6.45) is 3.75. The molecule has 0 amide bonds. The quantitative estimate of drug-likeness (QED) is 0.389. The van der Waals surface area contributed by atoms with Crippen LogP contribution in [0.2, 0.25) is 0 Å². The third kappa shape index (κ3) is 7.45. The van der Waals surface area contributed by atoms with Gasteiger partial charge in [0.15, 0.2) is 5.96 Å². The van der Waals surface area contributed by atoms with Crippen molar-refractivity contribution in [3.05, 3.63) is 0 Å². The first-order valence-corrected chi connectivity index (χ1v) is 8.94. The fraction of sp³-hybridized carbons (Fsp3) is 0.941. The molecule has 1 unspecified atom stereocenters. The van der Waals surface area contributed by atoms with Crippen LogP contribution in [0.1, 0.15) is 53.9 Å². The Hall–Kier alpha value is -0.810. The molecule has 2 N–H and O–H groups in total. The number of aliphatic imine (C=N–C) groups is 1. The highest BCUT2D eigenvalue weighted by molar-refractivity contribution is 5.79. The first-order valence-electron chi connectivity index (χ1n) is 8.94. The van der Waals surface area contributed by atoms with E-state index < -0.39 is 0 Å². The lowest BCUT2D eigenvalue weighted by molar-refractivity contribution is 0.117. The first-order chi connectivity index (χ1) is 10.5. The summed E-state index contributed by atoms with van der Waals surface area (Å²) >= 11 is 0. The zero-order valence-corrected chi connectivity index (χ0v) is 15.2. The molecule has 1 aliphatic heterocycles. The van der Waals surface area contributed by atoms with Crippen LogP contribution >= 0.6 is 0 Å². The predicted molar refractivity (Wildman–Crippen MR) is 94.6 cm³/mol. The largest absolute Gasteiger partial charge is 0.376 e. The van der Waals surface area contributed by atoms with E-state index in [0.717, 1.165) is 51.6 Å². The van der Waals surface area contributed by atoms with Crippen molar-refractivity contribution in [2.24, 2.45) is 4.99 Å². The van der Waals surface area contributed by atoms with Crippen LogP contribution in [-0.4, -0.2) is 61.8 Å². The Morgan fingerprint density at radius 1 is 1.23 bits per heavy atom. The second kappa shape index (κ2) is 10.8. The van der Waals surface area contributed by atoms with Gasteiger partial charge in [-0.3, -0.25) is 9.89 Å². The predicted octanol–water partition coefficient (Wildman–Crippen LogP) is 2.23. The zero-order valence-electron chi connectivity index (χ0n) is 15.2. The molecule has 0 radical (unpaired) electrons. The van der Waals surface area contributed by atoms with Crippen molar-refractivity contribution in [2.75, 3.05) is 32.8 Å². The molecule has 5 nitrogen and oxygen atoms in total. The van der Waals surface area contributed by atoms with E-state index in [0.29, 0.717) is 18.2 Å². The minimum atomic E-state index is 0.313. The maximum absolute atomic E-state index is 5.62. The van der Waals surface area contributed by atoms with Crippen LogP contribution in [0.4, 0.5) is 0 Å². The fourth-order valence-electron chi connectivity index (χ4n) is 2.90. The average Bonchev–Trinajstić information content (AvgIpc) is 2.96. The normalized spacial score (nSPS) is 19.5. The lowest BCUT2D eigenvalue weighted by Crippen LogP contribution is -2.41. The van der Waals surface area contributed by atoms with Crippen molar-refractivity contribution in [3.63, 3.8) is 0 Å². The Morgan fingerprint density at radius 2 is 1.95 bits per heavy atom. The van der Waals surface area contributed by atoms with Gasteiger partial charge in [0.25, 0.3) is 0 Å². The lowest BCUT2D eigenvalue weighted by atomic mass is 10.2. The van der Waals surface area contributed by atoms with Crippen LogP contribution in [0.15, 0.2) is 4.99 Å². The summed E-state index contributed by atoms with van der Waals surface area (Å²) in [4.78, 5) is 7.16. The Labute approximate surface area is 136 Å². The van der Waals surface area contributed by atoms with Gasteiger partial charge in [0, 0.05) is 38.3 Å². The minimum Gasteiger partial charge on any atom is -0.376 e. The molecule has 5 heteroatoms. The number of hydrogen-bond acceptors (Lipinski definition) is 3. The van der Waals surface area contributed by atoms with Gasteiger partial charge in [-0.2, -0.15) is 0 Å². The molecule has 0 spiro atoms. The molecule has 1 saturated heterocycles. The van der Waals surface area contributed by atoms with Gasteiger partial charge in [-0.15, -0.1) is 0 Å². The first kappa shape index (κ1) is 19.2. The highest BCUT2D eigenvalue weighted by Gasteiger charge is 2.15. The smallest absolute Gasteiger partial charge is 0.191 e. The molecule has 1 rings (SSSR count). The van der Waals surface area contributed by atoms with Gasteiger partial charge in [-0.1, -0.05) is 0 Å². The van der Waals surface area contributed by atoms with Gasteiger partial charge in [-0.05, 0) is 53.9 Å². The number of ether oxygens (including phenoxy) is 1. The number of guanidine groups is 1. The van der Waals surface area contributed by atoms with Crippen LogP contribution in [0.25, 0.3) is 0 Å². The van der Waals surface area contributed by atoms with E-state index in [1.165, 1.54) is 6.42 Å². The van der Waals surface area contributed by atoms with E-state index in [1.54, 1.807) is 0 Å². The minimum absolute atomic E-state index is 0.313. The Kier molecular flexibility index (Phi) is 9.48. The summed E-state index contributed by atoms with van der Waals surface area (Å²) in [6.45, 7) is 15.8. The molecule has 1 aliphatic rings. The standard InChI is InChI=1S/C17H36N4O/c1-6-18-17(20-13-16-9-7-12-22-16)19-10-8-11-21(14(2)3)15(4)5/h14-16H,6-13H2,1-5H3,(H2,18,19,20). The zero-order chi connectivity index (χ0) is 16.4. The molecule has 0 bridgehead atoms. The van der Waals surface area contributed by atoms with E-state index in [1.807, 2.05) is 0 Å². The number of nitrogens with one attached hydrogen (secondary N) is 2. The van der Waals surface area contributed by atoms with Gasteiger partial charge in [0.05, 0.1) is 12.6 Å². The molecule has 1 atom stereocenters. The Morgan fingerprint density at radius 3 is 2.50 bits per heavy atom. The number of nitrogens with zero attached hydrogens (tertiary/aromatic N) is 2. The molecule has 0 saturated carbocycles. The van der Waals surface area contributed by atoms with Crippen LogP contribution < -0.4 is 10.6 Å². The molecule has 22 heavy (non-hydrogen) atoms. The summed E-state index contributed by atoms with van der Waals surface area (Å²) in [6, 6.07) is 1.20. The number of rotatable bonds is 9. The van der Waals surface area contributed by atoms with Crippen molar-refractivity contribution in [3.8, 4) is 0 Å². The summed E-state index contributed by atoms with van der Waals surface area (Å²) in [5.74, 6) is 0.915. The molecule has 0 aromatic rings. The van der Waals surface area contributed by atoms with E-state index >= 15 is 0 Å². The van der Waals surface area contributed by atoms with Gasteiger partial charge < -0.3 is 15.4 Å². The van der Waals surface area contributed by atoms with E-state index in [-0.39, 0.29) is 0 Å². The molecule has 130 valence electrons. The van der Waals surface area contributed by atoms with Crippen LogP contribution in [0.5, 0.6) is 0 Å². The van der Waals surface area contributed by atoms with E-state index in [9.17, 15) is 0 Å². The van der Waals surface area contributed by atoms with Crippen LogP contribution in [-0.2, 0) is 4.74 Å². The molecule has 0 aromatic carbocycles. The van der Waals surface area contributed by atoms with Crippen molar-refractivity contribution in [1.82, 2.24) is 15.5 Å². The Bertz CT molecular complexity index is 304. The van der Waals surface area contributed by atoms with Crippen molar-refractivity contribution in [2.45, 2.75) is 72.1 Å². The summed E-state index contributed by atoms with van der Waals surface area (Å²) in [5.41, 5.74) is 0. The van der Waals surface area contributed by atoms with Crippen molar-refractivity contribution in [1.29, 1.82) is 0 Å².